The van der Waals surface area contributed by atoms with Gasteiger partial charge in [-0.15, -0.1) is 10.2 Å². The number of aliphatic hydroxyl groups is 1. The fourth-order valence-electron chi connectivity index (χ4n) is 1.32. The summed E-state index contributed by atoms with van der Waals surface area (Å²) in [5.74, 6) is 0.984. The molecule has 2 heterocycles. The topological polar surface area (TPSA) is 63.8 Å². The van der Waals surface area contributed by atoms with Crippen molar-refractivity contribution in [2.75, 3.05) is 0 Å². The summed E-state index contributed by atoms with van der Waals surface area (Å²) in [5.41, 5.74) is 0. The van der Waals surface area contributed by atoms with Crippen molar-refractivity contribution in [2.45, 2.75) is 26.4 Å². The van der Waals surface area contributed by atoms with Crippen molar-refractivity contribution in [3.05, 3.63) is 23.2 Å². The van der Waals surface area contributed by atoms with Gasteiger partial charge >= 0.3 is 0 Å². The van der Waals surface area contributed by atoms with Crippen molar-refractivity contribution in [2.24, 2.45) is 0 Å². The molecule has 2 aromatic heterocycles. The van der Waals surface area contributed by atoms with Crippen molar-refractivity contribution in [3.63, 3.8) is 0 Å². The zero-order chi connectivity index (χ0) is 10.7. The van der Waals surface area contributed by atoms with Gasteiger partial charge in [0.1, 0.15) is 10.8 Å². The average molecular weight is 224 g/mol. The Labute approximate surface area is 91.4 Å². The van der Waals surface area contributed by atoms with Crippen LogP contribution in [0.15, 0.2) is 12.4 Å². The van der Waals surface area contributed by atoms with Crippen LogP contribution in [0, 0.1) is 0 Å². The van der Waals surface area contributed by atoms with Crippen LogP contribution in [0.25, 0.3) is 5.13 Å². The second-order valence-electron chi connectivity index (χ2n) is 3.10. The smallest absolute Gasteiger partial charge is 0.217 e. The van der Waals surface area contributed by atoms with Crippen LogP contribution in [0.4, 0.5) is 0 Å². The SMILES string of the molecule is CCCc1nccn1-c1nnc(CO)s1. The summed E-state index contributed by atoms with van der Waals surface area (Å²) in [6.45, 7) is 2.05. The number of hydrogen-bond donors (Lipinski definition) is 1. The van der Waals surface area contributed by atoms with Gasteiger partial charge in [0.25, 0.3) is 0 Å². The maximum absolute atomic E-state index is 8.90. The molecular weight excluding hydrogens is 212 g/mol. The molecule has 80 valence electrons. The van der Waals surface area contributed by atoms with Crippen LogP contribution in [0.2, 0.25) is 0 Å². The molecule has 0 aliphatic carbocycles. The molecule has 0 aliphatic heterocycles. The predicted octanol–water partition coefficient (Wildman–Crippen LogP) is 1.17. The van der Waals surface area contributed by atoms with E-state index < -0.39 is 0 Å². The monoisotopic (exact) mass is 224 g/mol. The molecule has 15 heavy (non-hydrogen) atoms. The lowest BCUT2D eigenvalue weighted by molar-refractivity contribution is 0.280. The van der Waals surface area contributed by atoms with Gasteiger partial charge in [-0.1, -0.05) is 18.3 Å². The van der Waals surface area contributed by atoms with E-state index in [4.69, 9.17) is 5.11 Å². The highest BCUT2D eigenvalue weighted by atomic mass is 32.1. The van der Waals surface area contributed by atoms with Crippen LogP contribution in [-0.2, 0) is 13.0 Å². The molecule has 0 atom stereocenters. The first kappa shape index (κ1) is 10.3. The van der Waals surface area contributed by atoms with Gasteiger partial charge in [0.2, 0.25) is 5.13 Å². The number of nitrogens with zero attached hydrogens (tertiary/aromatic N) is 4. The molecule has 1 N–H and O–H groups in total. The number of aliphatic hydroxyl groups excluding tert-OH is 1. The van der Waals surface area contributed by atoms with E-state index in [1.807, 2.05) is 10.8 Å². The van der Waals surface area contributed by atoms with E-state index in [1.165, 1.54) is 11.3 Å². The molecule has 0 amide bonds. The van der Waals surface area contributed by atoms with Crippen LogP contribution in [0.5, 0.6) is 0 Å². The molecule has 6 heteroatoms. The van der Waals surface area contributed by atoms with Crippen LogP contribution in [-0.4, -0.2) is 24.9 Å². The van der Waals surface area contributed by atoms with E-state index in [1.54, 1.807) is 6.20 Å². The second-order valence-corrected chi connectivity index (χ2v) is 4.14. The molecule has 0 spiro atoms. The molecule has 2 rings (SSSR count). The van der Waals surface area contributed by atoms with E-state index in [-0.39, 0.29) is 6.61 Å². The number of hydrogen-bond acceptors (Lipinski definition) is 5. The Bertz CT molecular complexity index is 437. The minimum Gasteiger partial charge on any atom is -0.389 e. The average Bonchev–Trinajstić information content (AvgIpc) is 2.85. The first-order valence-electron chi connectivity index (χ1n) is 4.81. The van der Waals surface area contributed by atoms with Crippen molar-refractivity contribution >= 4 is 11.3 Å². The van der Waals surface area contributed by atoms with Gasteiger partial charge in [0, 0.05) is 18.8 Å². The molecule has 5 nitrogen and oxygen atoms in total. The molecule has 0 saturated heterocycles. The van der Waals surface area contributed by atoms with Gasteiger partial charge in [-0.3, -0.25) is 4.57 Å². The highest BCUT2D eigenvalue weighted by molar-refractivity contribution is 7.13. The molecule has 0 bridgehead atoms. The van der Waals surface area contributed by atoms with Gasteiger partial charge in [-0.25, -0.2) is 4.98 Å². The molecule has 0 unspecified atom stereocenters. The maximum atomic E-state index is 8.90. The summed E-state index contributed by atoms with van der Waals surface area (Å²) >= 11 is 1.38. The quantitative estimate of drug-likeness (QED) is 0.846. The molecule has 2 aromatic rings. The Morgan fingerprint density at radius 2 is 2.33 bits per heavy atom. The third-order valence-electron chi connectivity index (χ3n) is 1.99. The first-order valence-corrected chi connectivity index (χ1v) is 5.62. The zero-order valence-corrected chi connectivity index (χ0v) is 9.24. The third-order valence-corrected chi connectivity index (χ3v) is 2.90. The molecule has 0 fully saturated rings. The number of rotatable bonds is 4. The summed E-state index contributed by atoms with van der Waals surface area (Å²) in [6, 6.07) is 0. The van der Waals surface area contributed by atoms with Gasteiger partial charge in [-0.2, -0.15) is 0 Å². The largest absolute Gasteiger partial charge is 0.389 e. The molecular formula is C9H12N4OS. The lowest BCUT2D eigenvalue weighted by Gasteiger charge is -2.00. The van der Waals surface area contributed by atoms with Crippen LogP contribution < -0.4 is 0 Å². The van der Waals surface area contributed by atoms with Crippen LogP contribution >= 0.6 is 11.3 Å². The van der Waals surface area contributed by atoms with Crippen molar-refractivity contribution in [3.8, 4) is 5.13 Å². The van der Waals surface area contributed by atoms with E-state index >= 15 is 0 Å². The maximum Gasteiger partial charge on any atom is 0.217 e. The van der Waals surface area contributed by atoms with E-state index in [0.29, 0.717) is 5.01 Å². The number of imidazole rings is 1. The molecule has 0 aliphatic rings. The predicted molar refractivity (Wildman–Crippen MR) is 56.9 cm³/mol. The van der Waals surface area contributed by atoms with Gasteiger partial charge < -0.3 is 5.11 Å². The summed E-state index contributed by atoms with van der Waals surface area (Å²) in [6.07, 6.45) is 5.58. The van der Waals surface area contributed by atoms with E-state index in [2.05, 4.69) is 22.1 Å². The lowest BCUT2D eigenvalue weighted by Crippen LogP contribution is -1.99. The van der Waals surface area contributed by atoms with Crippen molar-refractivity contribution in [1.82, 2.24) is 19.7 Å². The Kier molecular flexibility index (Phi) is 3.08. The lowest BCUT2D eigenvalue weighted by atomic mass is 10.3. The second kappa shape index (κ2) is 4.50. The molecule has 0 aromatic carbocycles. The first-order chi connectivity index (χ1) is 7.35. The van der Waals surface area contributed by atoms with Crippen molar-refractivity contribution < 1.29 is 5.11 Å². The van der Waals surface area contributed by atoms with Gasteiger partial charge in [0.05, 0.1) is 6.61 Å². The van der Waals surface area contributed by atoms with E-state index in [9.17, 15) is 0 Å². The Hall–Kier alpha value is -1.27. The zero-order valence-electron chi connectivity index (χ0n) is 8.42. The number of aryl methyl sites for hydroxylation is 1. The highest BCUT2D eigenvalue weighted by Crippen LogP contribution is 2.16. The highest BCUT2D eigenvalue weighted by Gasteiger charge is 2.09. The minimum atomic E-state index is -0.0600. The summed E-state index contributed by atoms with van der Waals surface area (Å²) in [4.78, 5) is 4.26. The van der Waals surface area contributed by atoms with Gasteiger partial charge in [-0.05, 0) is 6.42 Å². The normalized spacial score (nSPS) is 10.8. The van der Waals surface area contributed by atoms with Crippen molar-refractivity contribution in [1.29, 1.82) is 0 Å². The van der Waals surface area contributed by atoms with E-state index in [0.717, 1.165) is 23.8 Å². The van der Waals surface area contributed by atoms with Crippen LogP contribution in [0.1, 0.15) is 24.2 Å². The molecule has 0 radical (unpaired) electrons. The van der Waals surface area contributed by atoms with Crippen LogP contribution in [0.3, 0.4) is 0 Å². The summed E-state index contributed by atoms with van der Waals surface area (Å²) in [7, 11) is 0. The summed E-state index contributed by atoms with van der Waals surface area (Å²) < 4.78 is 1.92. The molecule has 0 saturated carbocycles. The Morgan fingerprint density at radius 3 is 3.00 bits per heavy atom. The fourth-order valence-corrected chi connectivity index (χ4v) is 2.03. The summed E-state index contributed by atoms with van der Waals surface area (Å²) in [5, 5.41) is 18.2. The minimum absolute atomic E-state index is 0.0600. The fraction of sp³-hybridized carbons (Fsp3) is 0.444. The van der Waals surface area contributed by atoms with Gasteiger partial charge in [0.15, 0.2) is 0 Å². The Balaban J connectivity index is 2.31. The standard InChI is InChI=1S/C9H12N4OS/c1-2-3-7-10-4-5-13(7)9-12-11-8(6-14)15-9/h4-5,14H,2-3,6H2,1H3. The third kappa shape index (κ3) is 2.05. The number of aromatic nitrogens is 4. The Morgan fingerprint density at radius 1 is 1.47 bits per heavy atom.